The average Bonchev–Trinajstić information content (AvgIpc) is 3.34. The zero-order valence-corrected chi connectivity index (χ0v) is 20.4. The van der Waals surface area contributed by atoms with Crippen LogP contribution >= 0.6 is 9.24 Å². The van der Waals surface area contributed by atoms with Gasteiger partial charge in [-0.15, -0.1) is 0 Å². The second-order valence-electron chi connectivity index (χ2n) is 9.00. The molecule has 5 nitrogen and oxygen atoms in total. The van der Waals surface area contributed by atoms with Crippen molar-refractivity contribution >= 4 is 50.4 Å². The number of aromatic nitrogens is 2. The highest BCUT2D eigenvalue weighted by molar-refractivity contribution is 7.18. The maximum Gasteiger partial charge on any atom is 0.256 e. The van der Waals surface area contributed by atoms with Crippen molar-refractivity contribution in [2.75, 3.05) is 5.32 Å². The fraction of sp³-hybridized carbons (Fsp3) is 0.231. The highest BCUT2D eigenvalue weighted by atomic mass is 31.0. The van der Waals surface area contributed by atoms with Gasteiger partial charge in [-0.2, -0.15) is 4.39 Å². The Bertz CT molecular complexity index is 1360. The lowest BCUT2D eigenvalue weighted by molar-refractivity contribution is -0.116. The number of Topliss-reactive ketones (excluding diaryl/α,β-unsaturated/α-hetero) is 1. The molecule has 0 aliphatic carbocycles. The number of carbonyl (C=O) groups excluding carboxylic acids is 1. The van der Waals surface area contributed by atoms with Gasteiger partial charge in [0.25, 0.3) is 5.60 Å². The number of hydrogen-bond donors (Lipinski definition) is 1. The Balaban J connectivity index is 1.55. The second kappa shape index (κ2) is 8.88. The molecule has 172 valence electrons. The van der Waals surface area contributed by atoms with Gasteiger partial charge in [-0.1, -0.05) is 45.0 Å². The van der Waals surface area contributed by atoms with E-state index >= 15 is 0 Å². The first-order valence-electron chi connectivity index (χ1n) is 11.4. The van der Waals surface area contributed by atoms with Crippen molar-refractivity contribution in [2.45, 2.75) is 38.2 Å². The van der Waals surface area contributed by atoms with Gasteiger partial charge in [0.15, 0.2) is 7.28 Å². The summed E-state index contributed by atoms with van der Waals surface area (Å²) in [6, 6.07) is 21.9. The summed E-state index contributed by atoms with van der Waals surface area (Å²) in [5, 5.41) is 3.45. The average molecular weight is 473 g/mol. The van der Waals surface area contributed by atoms with E-state index in [2.05, 4.69) is 40.2 Å². The molecule has 0 saturated carbocycles. The smallest absolute Gasteiger partial charge is 0.256 e. The number of hydrogen-bond acceptors (Lipinski definition) is 4. The summed E-state index contributed by atoms with van der Waals surface area (Å²) in [7, 11) is 3.05. The van der Waals surface area contributed by atoms with Crippen LogP contribution < -0.4 is 15.5 Å². The van der Waals surface area contributed by atoms with Crippen LogP contribution in [-0.4, -0.2) is 28.2 Å². The monoisotopic (exact) mass is 473 g/mol. The van der Waals surface area contributed by atoms with Crippen molar-refractivity contribution in [2.24, 2.45) is 0 Å². The van der Waals surface area contributed by atoms with Crippen LogP contribution in [0.25, 0.3) is 11.0 Å². The number of nitrogens with one attached hydrogen (secondary N) is 1. The Morgan fingerprint density at radius 1 is 1.24 bits per heavy atom. The number of carbonyl (C=O) groups is 1. The number of rotatable bonds is 7. The van der Waals surface area contributed by atoms with E-state index in [1.54, 1.807) is 19.1 Å². The van der Waals surface area contributed by atoms with E-state index in [1.807, 2.05) is 33.5 Å². The summed E-state index contributed by atoms with van der Waals surface area (Å²) in [4.78, 5) is 16.6. The number of nitrogens with zero attached hydrogens (tertiary/aromatic N) is 2. The molecule has 1 aromatic heterocycles. The fourth-order valence-corrected chi connectivity index (χ4v) is 4.85. The minimum atomic E-state index is -1.82. The maximum absolute atomic E-state index is 13.8. The van der Waals surface area contributed by atoms with Gasteiger partial charge >= 0.3 is 0 Å². The number of ketones is 1. The summed E-state index contributed by atoms with van der Waals surface area (Å²) in [6.07, 6.45) is 1.38. The molecule has 2 heterocycles. The van der Waals surface area contributed by atoms with Gasteiger partial charge in [-0.3, -0.25) is 4.79 Å². The number of fused-ring (bicyclic) bond motifs is 2. The van der Waals surface area contributed by atoms with Crippen LogP contribution in [0.1, 0.15) is 31.0 Å². The minimum absolute atomic E-state index is 0.124. The lowest BCUT2D eigenvalue weighted by atomic mass is 9.72. The van der Waals surface area contributed by atoms with Crippen LogP contribution in [0.3, 0.4) is 0 Å². The van der Waals surface area contributed by atoms with Gasteiger partial charge in [0, 0.05) is 19.0 Å². The molecule has 3 atom stereocenters. The first kappa shape index (κ1) is 22.6. The molecule has 0 amide bonds. The fourth-order valence-electron chi connectivity index (χ4n) is 4.71. The molecule has 34 heavy (non-hydrogen) atoms. The maximum atomic E-state index is 13.8. The van der Waals surface area contributed by atoms with Crippen molar-refractivity contribution in [1.29, 1.82) is 0 Å². The Labute approximate surface area is 201 Å². The summed E-state index contributed by atoms with van der Waals surface area (Å²) in [6.45, 7) is 2.94. The highest BCUT2D eigenvalue weighted by Gasteiger charge is 2.28. The molecule has 3 aromatic carbocycles. The van der Waals surface area contributed by atoms with Gasteiger partial charge in [0.2, 0.25) is 5.95 Å². The highest BCUT2D eigenvalue weighted by Crippen LogP contribution is 2.35. The van der Waals surface area contributed by atoms with Gasteiger partial charge in [-0.25, -0.2) is 4.98 Å². The summed E-state index contributed by atoms with van der Waals surface area (Å²) < 4.78 is 21.3. The lowest BCUT2D eigenvalue weighted by Crippen LogP contribution is -2.16. The Morgan fingerprint density at radius 3 is 2.74 bits per heavy atom. The molecule has 5 rings (SSSR count). The van der Waals surface area contributed by atoms with Gasteiger partial charge in [0.1, 0.15) is 11.5 Å². The van der Waals surface area contributed by atoms with Crippen LogP contribution in [0.2, 0.25) is 6.32 Å². The third-order valence-corrected chi connectivity index (χ3v) is 6.17. The van der Waals surface area contributed by atoms with Crippen LogP contribution in [0.4, 0.5) is 16.0 Å². The second-order valence-corrected chi connectivity index (χ2v) is 10.0. The Morgan fingerprint density at radius 2 is 2.00 bits per heavy atom. The number of anilines is 2. The number of halogens is 1. The quantitative estimate of drug-likeness (QED) is 0.307. The molecule has 0 radical (unpaired) electrons. The minimum Gasteiger partial charge on any atom is -0.455 e. The Hall–Kier alpha value is -3.18. The summed E-state index contributed by atoms with van der Waals surface area (Å²) in [5.41, 5.74) is 4.50. The van der Waals surface area contributed by atoms with E-state index in [-0.39, 0.29) is 11.8 Å². The molecule has 0 fully saturated rings. The molecule has 8 heteroatoms. The standard InChI is InChI=1S/C26H26BFN3O2P/c1-16(32)13-17-7-12-23-22(14-17)30-25(29-18-8-10-19(11-9-18)33-26(2,28)34)31(23)24-15-27-21-6-4-3-5-20(21)24/h3-12,14,24,27H,13,15,34H2,1-2H3,(H,29,30)/t24-,26?/m1/s1. The molecule has 4 aromatic rings. The molecule has 0 saturated heterocycles. The molecule has 1 aliphatic heterocycles. The van der Waals surface area contributed by atoms with Crippen molar-refractivity contribution in [3.63, 3.8) is 0 Å². The summed E-state index contributed by atoms with van der Waals surface area (Å²) >= 11 is 0. The van der Waals surface area contributed by atoms with Gasteiger partial charge < -0.3 is 14.6 Å². The van der Waals surface area contributed by atoms with E-state index < -0.39 is 5.60 Å². The van der Waals surface area contributed by atoms with E-state index in [4.69, 9.17) is 9.72 Å². The molecule has 0 bridgehead atoms. The number of ether oxygens (including phenoxy) is 1. The molecular formula is C26H26BFN3O2P. The number of alkyl halides is 1. The topological polar surface area (TPSA) is 56.1 Å². The van der Waals surface area contributed by atoms with E-state index in [0.29, 0.717) is 12.2 Å². The third kappa shape index (κ3) is 4.71. The Kier molecular flexibility index (Phi) is 5.91. The zero-order chi connectivity index (χ0) is 23.9. The van der Waals surface area contributed by atoms with E-state index in [0.717, 1.165) is 41.8 Å². The van der Waals surface area contributed by atoms with Crippen LogP contribution in [0.15, 0.2) is 66.7 Å². The predicted octanol–water partition coefficient (Wildman–Crippen LogP) is 4.89. The predicted molar refractivity (Wildman–Crippen MR) is 140 cm³/mol. The SMILES string of the molecule is CC(=O)Cc1ccc2c(c1)nc(Nc1ccc(OC(C)(F)P)cc1)n2[C@@H]1CBc2ccccc21. The molecule has 1 aliphatic rings. The van der Waals surface area contributed by atoms with Crippen molar-refractivity contribution in [1.82, 2.24) is 9.55 Å². The van der Waals surface area contributed by atoms with Crippen LogP contribution in [0, 0.1) is 0 Å². The van der Waals surface area contributed by atoms with Crippen molar-refractivity contribution in [3.05, 3.63) is 77.9 Å². The first-order chi connectivity index (χ1) is 16.3. The zero-order valence-electron chi connectivity index (χ0n) is 19.2. The van der Waals surface area contributed by atoms with Gasteiger partial charge in [-0.05, 0) is 60.8 Å². The van der Waals surface area contributed by atoms with E-state index in [1.165, 1.54) is 17.9 Å². The van der Waals surface area contributed by atoms with Crippen molar-refractivity contribution < 1.29 is 13.9 Å². The number of imidazole rings is 1. The lowest BCUT2D eigenvalue weighted by Gasteiger charge is -2.20. The van der Waals surface area contributed by atoms with E-state index in [9.17, 15) is 9.18 Å². The molecule has 1 N–H and O–H groups in total. The molecule has 0 spiro atoms. The number of benzene rings is 3. The molecule has 2 unspecified atom stereocenters. The van der Waals surface area contributed by atoms with Gasteiger partial charge in [0.05, 0.1) is 17.1 Å². The first-order valence-corrected chi connectivity index (χ1v) is 12.0. The normalized spacial score (nSPS) is 16.5. The van der Waals surface area contributed by atoms with Crippen LogP contribution in [-0.2, 0) is 11.2 Å². The van der Waals surface area contributed by atoms with Crippen LogP contribution in [0.5, 0.6) is 5.75 Å². The van der Waals surface area contributed by atoms with Crippen molar-refractivity contribution in [3.8, 4) is 5.75 Å². The largest absolute Gasteiger partial charge is 0.455 e. The molecular weight excluding hydrogens is 447 g/mol. The third-order valence-electron chi connectivity index (χ3n) is 6.05. The summed E-state index contributed by atoms with van der Waals surface area (Å²) in [5.74, 6) is 1.29.